The Balaban J connectivity index is 1.30. The van der Waals surface area contributed by atoms with E-state index in [2.05, 4.69) is 34.5 Å². The lowest BCUT2D eigenvalue weighted by atomic mass is 9.73. The second kappa shape index (κ2) is 8.39. The third-order valence-electron chi connectivity index (χ3n) is 8.87. The van der Waals surface area contributed by atoms with Gasteiger partial charge in [0, 0.05) is 24.9 Å². The molecule has 0 radical (unpaired) electrons. The predicted molar refractivity (Wildman–Crippen MR) is 140 cm³/mol. The molecule has 1 aliphatic carbocycles. The zero-order chi connectivity index (χ0) is 27.9. The quantitative estimate of drug-likeness (QED) is 0.188. The van der Waals surface area contributed by atoms with Crippen molar-refractivity contribution in [3.05, 3.63) is 34.9 Å². The zero-order valence-corrected chi connectivity index (χ0v) is 22.0. The summed E-state index contributed by atoms with van der Waals surface area (Å²) in [6.07, 6.45) is 2.75. The van der Waals surface area contributed by atoms with Crippen molar-refractivity contribution in [3.63, 3.8) is 0 Å². The molecule has 2 saturated heterocycles. The molecule has 2 fully saturated rings. The molecular weight excluding hydrogens is 504 g/mol. The van der Waals surface area contributed by atoms with Gasteiger partial charge in [0.15, 0.2) is 17.6 Å². The SMILES string of the molecule is CC1(C)CCc2c(cccc2C(=O)NC2CN3C(N)=N[C@@H](CN4C(=O)CCC4=O)[C@@H]4N=C(N)N[C@@]43C2(O)O)C1. The molecule has 0 bridgehead atoms. The summed E-state index contributed by atoms with van der Waals surface area (Å²) in [6, 6.07) is 2.55. The number of fused-ring (bicyclic) bond motifs is 1. The van der Waals surface area contributed by atoms with Gasteiger partial charge < -0.3 is 37.2 Å². The molecule has 6 rings (SSSR count). The molecule has 5 aliphatic rings. The van der Waals surface area contributed by atoms with E-state index in [1.807, 2.05) is 12.1 Å². The topological polar surface area (TPSA) is 199 Å². The fourth-order valence-corrected chi connectivity index (χ4v) is 6.86. The molecule has 3 amide bonds. The van der Waals surface area contributed by atoms with Gasteiger partial charge in [-0.1, -0.05) is 26.0 Å². The smallest absolute Gasteiger partial charge is 0.252 e. The fraction of sp³-hybridized carbons (Fsp3) is 0.577. The molecule has 1 aromatic carbocycles. The predicted octanol–water partition coefficient (Wildman–Crippen LogP) is -1.87. The van der Waals surface area contributed by atoms with Crippen molar-refractivity contribution < 1.29 is 24.6 Å². The fourth-order valence-electron chi connectivity index (χ4n) is 6.86. The lowest BCUT2D eigenvalue weighted by Gasteiger charge is -2.49. The molecule has 39 heavy (non-hydrogen) atoms. The van der Waals surface area contributed by atoms with Crippen LogP contribution in [-0.4, -0.2) is 92.3 Å². The van der Waals surface area contributed by atoms with Gasteiger partial charge in [0.2, 0.25) is 17.6 Å². The number of guanidine groups is 2. The first-order valence-electron chi connectivity index (χ1n) is 13.3. The maximum atomic E-state index is 13.6. The highest BCUT2D eigenvalue weighted by atomic mass is 16.5. The first-order valence-corrected chi connectivity index (χ1v) is 13.3. The molecular formula is C26H34N8O5. The van der Waals surface area contributed by atoms with E-state index in [9.17, 15) is 24.6 Å². The first-order chi connectivity index (χ1) is 18.3. The Labute approximate surface area is 225 Å². The molecule has 13 heteroatoms. The number of benzene rings is 1. The van der Waals surface area contributed by atoms with Crippen LogP contribution in [0.2, 0.25) is 0 Å². The molecule has 8 N–H and O–H groups in total. The average Bonchev–Trinajstić information content (AvgIpc) is 3.45. The van der Waals surface area contributed by atoms with E-state index in [0.717, 1.165) is 35.3 Å². The van der Waals surface area contributed by atoms with Crippen molar-refractivity contribution in [1.82, 2.24) is 20.4 Å². The number of imide groups is 1. The number of likely N-dealkylation sites (tertiary alicyclic amines) is 1. The number of hydrogen-bond acceptors (Lipinski definition) is 11. The van der Waals surface area contributed by atoms with Gasteiger partial charge in [-0.05, 0) is 41.9 Å². The van der Waals surface area contributed by atoms with Crippen molar-refractivity contribution in [3.8, 4) is 0 Å². The molecule has 4 heterocycles. The summed E-state index contributed by atoms with van der Waals surface area (Å²) in [5.41, 5.74) is 13.3. The molecule has 4 aliphatic heterocycles. The van der Waals surface area contributed by atoms with Crippen LogP contribution in [0.3, 0.4) is 0 Å². The number of amides is 3. The maximum absolute atomic E-state index is 13.6. The van der Waals surface area contributed by atoms with Gasteiger partial charge in [-0.3, -0.25) is 19.3 Å². The highest BCUT2D eigenvalue weighted by Gasteiger charge is 2.73. The number of aliphatic imine (C=N–C) groups is 2. The Morgan fingerprint density at radius 3 is 2.59 bits per heavy atom. The van der Waals surface area contributed by atoms with Gasteiger partial charge in [-0.15, -0.1) is 0 Å². The van der Waals surface area contributed by atoms with Gasteiger partial charge >= 0.3 is 0 Å². The van der Waals surface area contributed by atoms with Crippen LogP contribution < -0.4 is 22.1 Å². The highest BCUT2D eigenvalue weighted by molar-refractivity contribution is 6.02. The lowest BCUT2D eigenvalue weighted by Crippen LogP contribution is -2.78. The van der Waals surface area contributed by atoms with Crippen LogP contribution >= 0.6 is 0 Å². The molecule has 0 aromatic heterocycles. The molecule has 1 aromatic rings. The van der Waals surface area contributed by atoms with Crippen molar-refractivity contribution in [2.45, 2.75) is 75.5 Å². The van der Waals surface area contributed by atoms with Gasteiger partial charge in [0.1, 0.15) is 12.1 Å². The van der Waals surface area contributed by atoms with E-state index in [-0.39, 0.29) is 55.1 Å². The second-order valence-corrected chi connectivity index (χ2v) is 12.0. The van der Waals surface area contributed by atoms with Crippen molar-refractivity contribution in [2.75, 3.05) is 13.1 Å². The molecule has 0 saturated carbocycles. The van der Waals surface area contributed by atoms with Crippen LogP contribution in [-0.2, 0) is 22.4 Å². The van der Waals surface area contributed by atoms with Crippen LogP contribution in [0, 0.1) is 5.41 Å². The largest absolute Gasteiger partial charge is 0.370 e. The monoisotopic (exact) mass is 538 g/mol. The Morgan fingerprint density at radius 1 is 1.15 bits per heavy atom. The minimum Gasteiger partial charge on any atom is -0.370 e. The van der Waals surface area contributed by atoms with E-state index >= 15 is 0 Å². The molecule has 1 spiro atoms. The number of nitrogens with zero attached hydrogens (tertiary/aromatic N) is 4. The van der Waals surface area contributed by atoms with E-state index in [1.165, 1.54) is 4.90 Å². The first kappa shape index (κ1) is 25.6. The van der Waals surface area contributed by atoms with Gasteiger partial charge in [-0.2, -0.15) is 0 Å². The summed E-state index contributed by atoms with van der Waals surface area (Å²) in [5, 5.41) is 29.1. The maximum Gasteiger partial charge on any atom is 0.252 e. The number of rotatable bonds is 4. The third kappa shape index (κ3) is 3.70. The number of nitrogens with two attached hydrogens (primary N) is 2. The van der Waals surface area contributed by atoms with Gasteiger partial charge in [-0.25, -0.2) is 9.98 Å². The Bertz CT molecular complexity index is 1320. The summed E-state index contributed by atoms with van der Waals surface area (Å²) in [4.78, 5) is 49.5. The van der Waals surface area contributed by atoms with E-state index in [1.54, 1.807) is 6.07 Å². The molecule has 13 nitrogen and oxygen atoms in total. The van der Waals surface area contributed by atoms with Crippen molar-refractivity contribution >= 4 is 29.6 Å². The van der Waals surface area contributed by atoms with Gasteiger partial charge in [0.25, 0.3) is 5.91 Å². The number of hydrogen-bond donors (Lipinski definition) is 6. The van der Waals surface area contributed by atoms with Crippen LogP contribution in [0.4, 0.5) is 0 Å². The summed E-state index contributed by atoms with van der Waals surface area (Å²) < 4.78 is 0. The lowest BCUT2D eigenvalue weighted by molar-refractivity contribution is -0.230. The minimum absolute atomic E-state index is 0.0451. The van der Waals surface area contributed by atoms with E-state index < -0.39 is 35.5 Å². The Hall–Kier alpha value is -3.71. The summed E-state index contributed by atoms with van der Waals surface area (Å²) in [5.74, 6) is -3.82. The normalized spacial score (nSPS) is 32.2. The van der Waals surface area contributed by atoms with E-state index in [4.69, 9.17) is 11.5 Å². The second-order valence-electron chi connectivity index (χ2n) is 12.0. The Kier molecular flexibility index (Phi) is 5.50. The van der Waals surface area contributed by atoms with Crippen LogP contribution in [0.25, 0.3) is 0 Å². The standard InChI is InChI=1S/C26H34N8O5/c1-24(2)9-8-14-13(10-24)4-3-5-15(14)21(37)30-17-12-34-23(28)29-16(11-33-18(35)6-7-19(33)36)20-25(34,26(17,38)39)32-22(27)31-20/h3-5,16-17,20,38-39H,6-12H2,1-2H3,(H2,28,29)(H,30,37)(H3,27,31,32)/t16-,17?,20-,25-/m0/s1. The van der Waals surface area contributed by atoms with Gasteiger partial charge in [0.05, 0.1) is 12.6 Å². The van der Waals surface area contributed by atoms with Crippen LogP contribution in [0.1, 0.15) is 54.6 Å². The summed E-state index contributed by atoms with van der Waals surface area (Å²) in [7, 11) is 0. The number of nitrogens with one attached hydrogen (secondary N) is 2. The average molecular weight is 539 g/mol. The number of aliphatic hydroxyl groups is 2. The van der Waals surface area contributed by atoms with Crippen LogP contribution in [0.5, 0.6) is 0 Å². The molecule has 208 valence electrons. The van der Waals surface area contributed by atoms with Crippen molar-refractivity contribution in [2.24, 2.45) is 26.9 Å². The summed E-state index contributed by atoms with van der Waals surface area (Å²) >= 11 is 0. The molecule has 4 atom stereocenters. The van der Waals surface area contributed by atoms with E-state index in [0.29, 0.717) is 5.56 Å². The number of carbonyl (C=O) groups is 3. The minimum atomic E-state index is -2.60. The highest BCUT2D eigenvalue weighted by Crippen LogP contribution is 2.45. The Morgan fingerprint density at radius 2 is 1.87 bits per heavy atom. The number of carbonyl (C=O) groups excluding carboxylic acids is 3. The van der Waals surface area contributed by atoms with Crippen molar-refractivity contribution in [1.29, 1.82) is 0 Å². The van der Waals surface area contributed by atoms with Crippen LogP contribution in [0.15, 0.2) is 28.2 Å². The molecule has 1 unspecified atom stereocenters. The zero-order valence-electron chi connectivity index (χ0n) is 22.0. The third-order valence-corrected chi connectivity index (χ3v) is 8.87. The summed E-state index contributed by atoms with van der Waals surface area (Å²) in [6.45, 7) is 4.19.